The Labute approximate surface area is 138 Å². The van der Waals surface area contributed by atoms with Crippen molar-refractivity contribution >= 4 is 11.8 Å². The van der Waals surface area contributed by atoms with Gasteiger partial charge in [0.1, 0.15) is 5.75 Å². The van der Waals surface area contributed by atoms with Crippen LogP contribution in [0.15, 0.2) is 24.3 Å². The highest BCUT2D eigenvalue weighted by molar-refractivity contribution is 5.79. The Hall–Kier alpha value is -2.04. The molecule has 1 unspecified atom stereocenters. The summed E-state index contributed by atoms with van der Waals surface area (Å²) in [4.78, 5) is 23.5. The van der Waals surface area contributed by atoms with Gasteiger partial charge in [-0.3, -0.25) is 9.59 Å². The molecule has 0 aliphatic rings. The summed E-state index contributed by atoms with van der Waals surface area (Å²) in [6.07, 6.45) is 4.73. The predicted octanol–water partition coefficient (Wildman–Crippen LogP) is 2.96. The van der Waals surface area contributed by atoms with Crippen molar-refractivity contribution in [3.8, 4) is 5.75 Å². The first-order chi connectivity index (χ1) is 11.1. The molecule has 0 fully saturated rings. The molecule has 23 heavy (non-hydrogen) atoms. The average molecular weight is 320 g/mol. The maximum Gasteiger partial charge on any atom is 0.222 e. The molecule has 0 heterocycles. The van der Waals surface area contributed by atoms with Crippen LogP contribution in [0.25, 0.3) is 0 Å². The van der Waals surface area contributed by atoms with Crippen molar-refractivity contribution in [2.75, 3.05) is 13.7 Å². The summed E-state index contributed by atoms with van der Waals surface area (Å²) in [5, 5.41) is 5.76. The maximum absolute atomic E-state index is 12.1. The second-order valence-corrected chi connectivity index (χ2v) is 5.64. The van der Waals surface area contributed by atoms with Crippen molar-refractivity contribution in [3.05, 3.63) is 29.8 Å². The fraction of sp³-hybridized carbons (Fsp3) is 0.556. The number of unbranched alkanes of at least 4 members (excludes halogenated alkanes) is 3. The number of rotatable bonds is 10. The van der Waals surface area contributed by atoms with Crippen molar-refractivity contribution in [1.82, 2.24) is 10.6 Å². The summed E-state index contributed by atoms with van der Waals surface area (Å²) in [7, 11) is 1.60. The van der Waals surface area contributed by atoms with Gasteiger partial charge >= 0.3 is 0 Å². The Balaban J connectivity index is 2.56. The number of nitrogens with one attached hydrogen (secondary N) is 2. The van der Waals surface area contributed by atoms with E-state index in [9.17, 15) is 9.59 Å². The molecular formula is C18H28N2O3. The van der Waals surface area contributed by atoms with Crippen molar-refractivity contribution < 1.29 is 14.3 Å². The van der Waals surface area contributed by atoms with Crippen molar-refractivity contribution in [2.24, 2.45) is 0 Å². The molecule has 0 aliphatic heterocycles. The number of hydrogen-bond donors (Lipinski definition) is 2. The van der Waals surface area contributed by atoms with Crippen LogP contribution in [0.2, 0.25) is 0 Å². The van der Waals surface area contributed by atoms with E-state index < -0.39 is 0 Å². The Morgan fingerprint density at radius 3 is 2.39 bits per heavy atom. The number of ether oxygens (including phenoxy) is 1. The second-order valence-electron chi connectivity index (χ2n) is 5.64. The van der Waals surface area contributed by atoms with Gasteiger partial charge in [-0.15, -0.1) is 0 Å². The summed E-state index contributed by atoms with van der Waals surface area (Å²) in [5.74, 6) is 0.549. The lowest BCUT2D eigenvalue weighted by molar-refractivity contribution is -0.122. The topological polar surface area (TPSA) is 67.4 Å². The third-order valence-electron chi connectivity index (χ3n) is 3.64. The molecular weight excluding hydrogens is 292 g/mol. The number of methoxy groups -OCH3 is 1. The number of carbonyl (C=O) groups is 2. The highest BCUT2D eigenvalue weighted by Gasteiger charge is 2.17. The minimum atomic E-state index is -0.325. The largest absolute Gasteiger partial charge is 0.497 e. The summed E-state index contributed by atoms with van der Waals surface area (Å²) < 4.78 is 5.13. The fourth-order valence-electron chi connectivity index (χ4n) is 2.37. The van der Waals surface area contributed by atoms with Crippen LogP contribution >= 0.6 is 0 Å². The van der Waals surface area contributed by atoms with Gasteiger partial charge in [-0.25, -0.2) is 0 Å². The molecule has 0 saturated heterocycles. The zero-order valence-electron chi connectivity index (χ0n) is 14.4. The second kappa shape index (κ2) is 10.6. The van der Waals surface area contributed by atoms with Crippen molar-refractivity contribution in [3.63, 3.8) is 0 Å². The van der Waals surface area contributed by atoms with E-state index >= 15 is 0 Å². The number of amides is 2. The van der Waals surface area contributed by atoms with Crippen LogP contribution in [-0.2, 0) is 9.59 Å². The third-order valence-corrected chi connectivity index (χ3v) is 3.64. The SMILES string of the molecule is CCCCCCNC(=O)CC(NC(C)=O)c1ccc(OC)cc1. The Bertz CT molecular complexity index is 486. The van der Waals surface area contributed by atoms with Crippen LogP contribution in [0.3, 0.4) is 0 Å². The molecule has 1 atom stereocenters. The predicted molar refractivity (Wildman–Crippen MR) is 91.3 cm³/mol. The molecule has 1 aromatic rings. The van der Waals surface area contributed by atoms with Crippen molar-refractivity contribution in [2.45, 2.75) is 52.0 Å². The average Bonchev–Trinajstić information content (AvgIpc) is 2.53. The van der Waals surface area contributed by atoms with E-state index in [0.29, 0.717) is 6.54 Å². The smallest absolute Gasteiger partial charge is 0.222 e. The van der Waals surface area contributed by atoms with E-state index in [0.717, 1.165) is 24.2 Å². The van der Waals surface area contributed by atoms with Gasteiger partial charge in [0.25, 0.3) is 0 Å². The van der Waals surface area contributed by atoms with E-state index in [-0.39, 0.29) is 24.3 Å². The molecule has 0 aromatic heterocycles. The van der Waals surface area contributed by atoms with Crippen molar-refractivity contribution in [1.29, 1.82) is 0 Å². The zero-order valence-corrected chi connectivity index (χ0v) is 14.4. The Kier molecular flexibility index (Phi) is 8.80. The molecule has 5 heteroatoms. The molecule has 1 rings (SSSR count). The Morgan fingerprint density at radius 2 is 1.83 bits per heavy atom. The fourth-order valence-corrected chi connectivity index (χ4v) is 2.37. The number of hydrogen-bond acceptors (Lipinski definition) is 3. The van der Waals surface area contributed by atoms with E-state index in [1.807, 2.05) is 24.3 Å². The minimum Gasteiger partial charge on any atom is -0.497 e. The highest BCUT2D eigenvalue weighted by atomic mass is 16.5. The normalized spacial score (nSPS) is 11.6. The molecule has 5 nitrogen and oxygen atoms in total. The maximum atomic E-state index is 12.1. The molecule has 0 aliphatic carbocycles. The lowest BCUT2D eigenvalue weighted by atomic mass is 10.0. The lowest BCUT2D eigenvalue weighted by Crippen LogP contribution is -2.33. The van der Waals surface area contributed by atoms with Crippen LogP contribution < -0.4 is 15.4 Å². The van der Waals surface area contributed by atoms with Crippen LogP contribution in [0.4, 0.5) is 0 Å². The monoisotopic (exact) mass is 320 g/mol. The summed E-state index contributed by atoms with van der Waals surface area (Å²) in [5.41, 5.74) is 0.891. The first-order valence-corrected chi connectivity index (χ1v) is 8.24. The standard InChI is InChI=1S/C18H28N2O3/c1-4-5-6-7-12-19-18(22)13-17(20-14(2)21)15-8-10-16(23-3)11-9-15/h8-11,17H,4-7,12-13H2,1-3H3,(H,19,22)(H,20,21). The van der Waals surface area contributed by atoms with Crippen LogP contribution in [-0.4, -0.2) is 25.5 Å². The van der Waals surface area contributed by atoms with Gasteiger partial charge in [0, 0.05) is 13.5 Å². The Morgan fingerprint density at radius 1 is 1.13 bits per heavy atom. The molecule has 0 radical (unpaired) electrons. The van der Waals surface area contributed by atoms with Gasteiger partial charge in [0.15, 0.2) is 0 Å². The van der Waals surface area contributed by atoms with E-state index in [2.05, 4.69) is 17.6 Å². The molecule has 2 amide bonds. The molecule has 0 saturated carbocycles. The zero-order chi connectivity index (χ0) is 17.1. The number of carbonyl (C=O) groups excluding carboxylic acids is 2. The molecule has 0 spiro atoms. The van der Waals surface area contributed by atoms with E-state index in [1.165, 1.54) is 19.8 Å². The van der Waals surface area contributed by atoms with Gasteiger partial charge in [-0.05, 0) is 24.1 Å². The minimum absolute atomic E-state index is 0.0453. The van der Waals surface area contributed by atoms with Gasteiger partial charge in [-0.2, -0.15) is 0 Å². The number of benzene rings is 1. The quantitative estimate of drug-likeness (QED) is 0.651. The van der Waals surface area contributed by atoms with Gasteiger partial charge in [0.05, 0.1) is 19.6 Å². The molecule has 2 N–H and O–H groups in total. The third kappa shape index (κ3) is 7.68. The van der Waals surface area contributed by atoms with Crippen LogP contribution in [0, 0.1) is 0 Å². The van der Waals surface area contributed by atoms with Gasteiger partial charge < -0.3 is 15.4 Å². The van der Waals surface area contributed by atoms with Gasteiger partial charge in [0.2, 0.25) is 11.8 Å². The molecule has 0 bridgehead atoms. The van der Waals surface area contributed by atoms with Crippen LogP contribution in [0.5, 0.6) is 5.75 Å². The summed E-state index contributed by atoms with van der Waals surface area (Å²) in [6.45, 7) is 4.30. The summed E-state index contributed by atoms with van der Waals surface area (Å²) >= 11 is 0. The van der Waals surface area contributed by atoms with E-state index in [4.69, 9.17) is 4.74 Å². The van der Waals surface area contributed by atoms with E-state index in [1.54, 1.807) is 7.11 Å². The van der Waals surface area contributed by atoms with Gasteiger partial charge in [-0.1, -0.05) is 38.3 Å². The first kappa shape index (κ1) is 19.0. The highest BCUT2D eigenvalue weighted by Crippen LogP contribution is 2.20. The summed E-state index contributed by atoms with van der Waals surface area (Å²) in [6, 6.07) is 7.07. The first-order valence-electron chi connectivity index (χ1n) is 8.24. The van der Waals surface area contributed by atoms with Crippen LogP contribution in [0.1, 0.15) is 57.6 Å². The lowest BCUT2D eigenvalue weighted by Gasteiger charge is -2.18. The molecule has 1 aromatic carbocycles. The molecule has 128 valence electrons.